The van der Waals surface area contributed by atoms with Gasteiger partial charge >= 0.3 is 0 Å². The van der Waals surface area contributed by atoms with Crippen molar-refractivity contribution < 1.29 is 13.2 Å². The van der Waals surface area contributed by atoms with E-state index < -0.39 is 10.0 Å². The Labute approximate surface area is 200 Å². The second kappa shape index (κ2) is 9.85. The standard InChI is InChI=1S/C25H26ClN3O3S/c1-33(31,32)29(19-20-8-3-2-4-9-20)24-13-6-5-12-23(24)25(30)28-16-14-27(15-17-28)22-11-7-10-21(26)18-22/h2-13,18H,14-17,19H2,1H3. The number of piperazine rings is 1. The Balaban J connectivity index is 1.56. The van der Waals surface area contributed by atoms with E-state index in [0.29, 0.717) is 42.5 Å². The van der Waals surface area contributed by atoms with Crippen molar-refractivity contribution in [2.45, 2.75) is 6.54 Å². The van der Waals surface area contributed by atoms with Crippen molar-refractivity contribution in [3.05, 3.63) is 95.0 Å². The van der Waals surface area contributed by atoms with Crippen molar-refractivity contribution in [2.24, 2.45) is 0 Å². The first-order valence-electron chi connectivity index (χ1n) is 10.7. The van der Waals surface area contributed by atoms with E-state index >= 15 is 0 Å². The molecule has 172 valence electrons. The third kappa shape index (κ3) is 5.49. The van der Waals surface area contributed by atoms with Crippen LogP contribution in [0.1, 0.15) is 15.9 Å². The molecule has 6 nitrogen and oxygen atoms in total. The highest BCUT2D eigenvalue weighted by Crippen LogP contribution is 2.27. The predicted octanol–water partition coefficient (Wildman–Crippen LogP) is 4.27. The van der Waals surface area contributed by atoms with Gasteiger partial charge in [0, 0.05) is 36.9 Å². The summed E-state index contributed by atoms with van der Waals surface area (Å²) in [6.45, 7) is 2.59. The smallest absolute Gasteiger partial charge is 0.256 e. The van der Waals surface area contributed by atoms with E-state index in [2.05, 4.69) is 4.90 Å². The van der Waals surface area contributed by atoms with Gasteiger partial charge in [-0.1, -0.05) is 60.1 Å². The second-order valence-electron chi connectivity index (χ2n) is 8.03. The van der Waals surface area contributed by atoms with Crippen LogP contribution in [0.4, 0.5) is 11.4 Å². The zero-order chi connectivity index (χ0) is 23.4. The summed E-state index contributed by atoms with van der Waals surface area (Å²) < 4.78 is 26.7. The van der Waals surface area contributed by atoms with Crippen molar-refractivity contribution >= 4 is 38.9 Å². The van der Waals surface area contributed by atoms with Gasteiger partial charge in [-0.2, -0.15) is 0 Å². The maximum absolute atomic E-state index is 13.5. The molecule has 0 atom stereocenters. The minimum absolute atomic E-state index is 0.159. The fraction of sp³-hybridized carbons (Fsp3) is 0.240. The number of hydrogen-bond donors (Lipinski definition) is 0. The van der Waals surface area contributed by atoms with Gasteiger partial charge in [0.1, 0.15) is 0 Å². The summed E-state index contributed by atoms with van der Waals surface area (Å²) in [4.78, 5) is 17.4. The van der Waals surface area contributed by atoms with E-state index in [9.17, 15) is 13.2 Å². The van der Waals surface area contributed by atoms with Crippen molar-refractivity contribution in [3.63, 3.8) is 0 Å². The quantitative estimate of drug-likeness (QED) is 0.525. The van der Waals surface area contributed by atoms with Crippen LogP contribution in [0.3, 0.4) is 0 Å². The number of nitrogens with zero attached hydrogens (tertiary/aromatic N) is 3. The Morgan fingerprint density at radius 2 is 1.58 bits per heavy atom. The van der Waals surface area contributed by atoms with E-state index in [0.717, 1.165) is 11.3 Å². The summed E-state index contributed by atoms with van der Waals surface area (Å²) in [5.74, 6) is -0.168. The van der Waals surface area contributed by atoms with Crippen LogP contribution in [0.15, 0.2) is 78.9 Å². The van der Waals surface area contributed by atoms with E-state index in [-0.39, 0.29) is 12.5 Å². The topological polar surface area (TPSA) is 60.9 Å². The Morgan fingerprint density at radius 3 is 2.24 bits per heavy atom. The lowest BCUT2D eigenvalue weighted by Gasteiger charge is -2.36. The first-order valence-corrected chi connectivity index (χ1v) is 13.0. The average Bonchev–Trinajstić information content (AvgIpc) is 2.82. The number of halogens is 1. The summed E-state index contributed by atoms with van der Waals surface area (Å²) >= 11 is 6.12. The fourth-order valence-corrected chi connectivity index (χ4v) is 5.10. The van der Waals surface area contributed by atoms with Crippen LogP contribution in [-0.4, -0.2) is 51.7 Å². The minimum Gasteiger partial charge on any atom is -0.368 e. The van der Waals surface area contributed by atoms with Gasteiger partial charge < -0.3 is 9.80 Å². The molecule has 3 aromatic carbocycles. The van der Waals surface area contributed by atoms with Crippen LogP contribution in [0.5, 0.6) is 0 Å². The van der Waals surface area contributed by atoms with Gasteiger partial charge in [-0.15, -0.1) is 0 Å². The summed E-state index contributed by atoms with van der Waals surface area (Å²) in [5.41, 5.74) is 2.66. The Hall–Kier alpha value is -3.03. The number of anilines is 2. The number of sulfonamides is 1. The minimum atomic E-state index is -3.61. The first kappa shape index (κ1) is 23.1. The lowest BCUT2D eigenvalue weighted by molar-refractivity contribution is 0.0747. The molecule has 33 heavy (non-hydrogen) atoms. The largest absolute Gasteiger partial charge is 0.368 e. The molecule has 0 bridgehead atoms. The van der Waals surface area contributed by atoms with Gasteiger partial charge in [0.2, 0.25) is 10.0 Å². The SMILES string of the molecule is CS(=O)(=O)N(Cc1ccccc1)c1ccccc1C(=O)N1CCN(c2cccc(Cl)c2)CC1. The van der Waals surface area contributed by atoms with Gasteiger partial charge in [-0.25, -0.2) is 8.42 Å². The van der Waals surface area contributed by atoms with Crippen LogP contribution in [-0.2, 0) is 16.6 Å². The van der Waals surface area contributed by atoms with Crippen LogP contribution in [0.2, 0.25) is 5.02 Å². The van der Waals surface area contributed by atoms with Gasteiger partial charge in [0.05, 0.1) is 24.1 Å². The van der Waals surface area contributed by atoms with E-state index in [1.807, 2.05) is 54.6 Å². The molecule has 0 radical (unpaired) electrons. The van der Waals surface area contributed by atoms with Crippen LogP contribution in [0.25, 0.3) is 0 Å². The predicted molar refractivity (Wildman–Crippen MR) is 133 cm³/mol. The zero-order valence-corrected chi connectivity index (χ0v) is 20.0. The molecule has 4 rings (SSSR count). The number of para-hydroxylation sites is 1. The molecule has 1 aliphatic rings. The number of rotatable bonds is 6. The molecule has 1 amide bonds. The maximum atomic E-state index is 13.5. The number of benzene rings is 3. The van der Waals surface area contributed by atoms with Crippen molar-refractivity contribution in [3.8, 4) is 0 Å². The molecule has 1 heterocycles. The number of hydrogen-bond acceptors (Lipinski definition) is 4. The molecule has 1 saturated heterocycles. The van der Waals surface area contributed by atoms with E-state index in [1.54, 1.807) is 29.2 Å². The normalized spacial score (nSPS) is 14.2. The fourth-order valence-electron chi connectivity index (χ4n) is 4.01. The van der Waals surface area contributed by atoms with Crippen molar-refractivity contribution in [2.75, 3.05) is 41.6 Å². The van der Waals surface area contributed by atoms with Crippen LogP contribution in [0, 0.1) is 0 Å². The third-order valence-corrected chi connectivity index (χ3v) is 7.07. The first-order chi connectivity index (χ1) is 15.8. The molecule has 0 unspecified atom stereocenters. The molecule has 0 aliphatic carbocycles. The van der Waals surface area contributed by atoms with Gasteiger partial charge in [-0.3, -0.25) is 9.10 Å². The third-order valence-electron chi connectivity index (χ3n) is 5.71. The zero-order valence-electron chi connectivity index (χ0n) is 18.4. The van der Waals surface area contributed by atoms with E-state index in [1.165, 1.54) is 10.6 Å². The summed E-state index contributed by atoms with van der Waals surface area (Å²) in [7, 11) is -3.61. The average molecular weight is 484 g/mol. The lowest BCUT2D eigenvalue weighted by Crippen LogP contribution is -2.49. The van der Waals surface area contributed by atoms with Gasteiger partial charge in [-0.05, 0) is 35.9 Å². The molecule has 1 aliphatic heterocycles. The molecular formula is C25H26ClN3O3S. The highest BCUT2D eigenvalue weighted by atomic mass is 35.5. The Kier molecular flexibility index (Phi) is 6.91. The number of carbonyl (C=O) groups excluding carboxylic acids is 1. The molecular weight excluding hydrogens is 458 g/mol. The molecule has 0 N–H and O–H groups in total. The van der Waals surface area contributed by atoms with E-state index in [4.69, 9.17) is 11.6 Å². The maximum Gasteiger partial charge on any atom is 0.256 e. The molecule has 1 fully saturated rings. The molecule has 0 saturated carbocycles. The second-order valence-corrected chi connectivity index (χ2v) is 10.4. The highest BCUT2D eigenvalue weighted by molar-refractivity contribution is 7.92. The lowest BCUT2D eigenvalue weighted by atomic mass is 10.1. The van der Waals surface area contributed by atoms with Gasteiger partial charge in [0.15, 0.2) is 0 Å². The Bertz CT molecular complexity index is 1230. The monoisotopic (exact) mass is 483 g/mol. The highest BCUT2D eigenvalue weighted by Gasteiger charge is 2.28. The molecule has 3 aromatic rings. The molecule has 0 spiro atoms. The van der Waals surface area contributed by atoms with Crippen molar-refractivity contribution in [1.29, 1.82) is 0 Å². The summed E-state index contributed by atoms with van der Waals surface area (Å²) in [6, 6.07) is 24.0. The van der Waals surface area contributed by atoms with Crippen LogP contribution < -0.4 is 9.21 Å². The molecule has 0 aromatic heterocycles. The summed E-state index contributed by atoms with van der Waals surface area (Å²) in [6.07, 6.45) is 1.17. The number of carbonyl (C=O) groups is 1. The van der Waals surface area contributed by atoms with Crippen molar-refractivity contribution in [1.82, 2.24) is 4.90 Å². The van der Waals surface area contributed by atoms with Crippen LogP contribution >= 0.6 is 11.6 Å². The summed E-state index contributed by atoms with van der Waals surface area (Å²) in [5, 5.41) is 0.680. The Morgan fingerprint density at radius 1 is 0.909 bits per heavy atom. The number of amides is 1. The van der Waals surface area contributed by atoms with Gasteiger partial charge in [0.25, 0.3) is 5.91 Å². The molecule has 8 heteroatoms.